The van der Waals surface area contributed by atoms with Crippen LogP contribution in [0.1, 0.15) is 0 Å². The number of aryl methyl sites for hydroxylation is 1. The Morgan fingerprint density at radius 3 is 2.58 bits per heavy atom. The van der Waals surface area contributed by atoms with Crippen LogP contribution in [0.2, 0.25) is 0 Å². The van der Waals surface area contributed by atoms with E-state index in [4.69, 9.17) is 0 Å². The number of nitrogens with zero attached hydrogens (tertiary/aromatic N) is 2. The number of hydrogen-bond acceptors (Lipinski definition) is 2. The van der Waals surface area contributed by atoms with Crippen LogP contribution >= 0.6 is 0 Å². The zero-order chi connectivity index (χ0) is 13.4. The van der Waals surface area contributed by atoms with Gasteiger partial charge in [-0.1, -0.05) is 30.3 Å². The first-order chi connectivity index (χ1) is 9.16. The molecule has 0 unspecified atom stereocenters. The summed E-state index contributed by atoms with van der Waals surface area (Å²) in [6.07, 6.45) is 0. The van der Waals surface area contributed by atoms with Gasteiger partial charge in [0.25, 0.3) is 5.56 Å². The third-order valence-electron chi connectivity index (χ3n) is 3.09. The molecule has 0 amide bonds. The van der Waals surface area contributed by atoms with Crippen LogP contribution in [0.4, 0.5) is 4.39 Å². The van der Waals surface area contributed by atoms with Crippen molar-refractivity contribution in [2.45, 2.75) is 0 Å². The molecular formula is C15H11FN2O. The van der Waals surface area contributed by atoms with E-state index in [2.05, 4.69) is 4.98 Å². The summed E-state index contributed by atoms with van der Waals surface area (Å²) >= 11 is 0. The van der Waals surface area contributed by atoms with Gasteiger partial charge in [0, 0.05) is 18.7 Å². The predicted molar refractivity (Wildman–Crippen MR) is 72.4 cm³/mol. The van der Waals surface area contributed by atoms with Crippen LogP contribution < -0.4 is 5.56 Å². The Bertz CT molecular complexity index is 809. The number of hydrogen-bond donors (Lipinski definition) is 0. The summed E-state index contributed by atoms with van der Waals surface area (Å²) in [5.41, 5.74) is 1.97. The van der Waals surface area contributed by atoms with E-state index in [0.29, 0.717) is 16.7 Å². The van der Waals surface area contributed by atoms with E-state index in [1.807, 2.05) is 30.3 Å². The molecule has 94 valence electrons. The molecule has 19 heavy (non-hydrogen) atoms. The molecule has 0 bridgehead atoms. The Labute approximate surface area is 109 Å². The molecule has 0 aliphatic carbocycles. The lowest BCUT2D eigenvalue weighted by Crippen LogP contribution is -2.20. The maximum absolute atomic E-state index is 13.3. The number of halogens is 1. The van der Waals surface area contributed by atoms with Crippen LogP contribution in [-0.2, 0) is 7.05 Å². The summed E-state index contributed by atoms with van der Waals surface area (Å²) in [7, 11) is 1.66. The molecule has 0 fully saturated rings. The van der Waals surface area contributed by atoms with E-state index in [1.165, 1.54) is 16.7 Å². The molecule has 0 spiro atoms. The molecule has 0 saturated carbocycles. The van der Waals surface area contributed by atoms with Crippen molar-refractivity contribution in [1.29, 1.82) is 0 Å². The predicted octanol–water partition coefficient (Wildman–Crippen LogP) is 2.74. The molecule has 3 nitrogen and oxygen atoms in total. The lowest BCUT2D eigenvalue weighted by atomic mass is 10.1. The second-order valence-electron chi connectivity index (χ2n) is 4.32. The Morgan fingerprint density at radius 2 is 1.84 bits per heavy atom. The molecule has 4 heteroatoms. The summed E-state index contributed by atoms with van der Waals surface area (Å²) in [5, 5.41) is 0. The van der Waals surface area contributed by atoms with Gasteiger partial charge in [-0.3, -0.25) is 4.79 Å². The molecule has 3 aromatic rings. The van der Waals surface area contributed by atoms with Gasteiger partial charge in [-0.15, -0.1) is 0 Å². The Kier molecular flexibility index (Phi) is 2.63. The Hall–Kier alpha value is -2.49. The number of rotatable bonds is 1. The minimum atomic E-state index is -0.363. The van der Waals surface area contributed by atoms with Crippen LogP contribution in [0.3, 0.4) is 0 Å². The zero-order valence-electron chi connectivity index (χ0n) is 10.3. The zero-order valence-corrected chi connectivity index (χ0v) is 10.3. The van der Waals surface area contributed by atoms with Crippen molar-refractivity contribution in [3.63, 3.8) is 0 Å². The third-order valence-corrected chi connectivity index (χ3v) is 3.09. The molecule has 0 N–H and O–H groups in total. The van der Waals surface area contributed by atoms with Crippen LogP contribution in [0.25, 0.3) is 22.3 Å². The fourth-order valence-electron chi connectivity index (χ4n) is 2.09. The maximum atomic E-state index is 13.3. The highest BCUT2D eigenvalue weighted by Gasteiger charge is 2.10. The average Bonchev–Trinajstić information content (AvgIpc) is 2.43. The van der Waals surface area contributed by atoms with Crippen molar-refractivity contribution in [2.24, 2.45) is 7.05 Å². The van der Waals surface area contributed by atoms with Gasteiger partial charge in [-0.25, -0.2) is 9.37 Å². The molecule has 1 aromatic heterocycles. The maximum Gasteiger partial charge on any atom is 0.277 e. The van der Waals surface area contributed by atoms with Gasteiger partial charge >= 0.3 is 0 Å². The minimum absolute atomic E-state index is 0.190. The number of aromatic nitrogens is 2. The van der Waals surface area contributed by atoms with Crippen molar-refractivity contribution >= 4 is 11.0 Å². The molecule has 2 aromatic carbocycles. The lowest BCUT2D eigenvalue weighted by Gasteiger charge is -2.07. The van der Waals surface area contributed by atoms with Crippen LogP contribution in [0, 0.1) is 5.82 Å². The van der Waals surface area contributed by atoms with Gasteiger partial charge in [0.1, 0.15) is 11.5 Å². The van der Waals surface area contributed by atoms with Crippen molar-refractivity contribution in [1.82, 2.24) is 9.55 Å². The summed E-state index contributed by atoms with van der Waals surface area (Å²) < 4.78 is 14.8. The summed E-state index contributed by atoms with van der Waals surface area (Å²) in [6, 6.07) is 13.4. The SMILES string of the molecule is Cn1c(=O)c(-c2ccccc2)nc2cc(F)ccc21. The first-order valence-corrected chi connectivity index (χ1v) is 5.88. The molecule has 0 aliphatic heterocycles. The molecule has 0 saturated heterocycles. The largest absolute Gasteiger partial charge is 0.308 e. The quantitative estimate of drug-likeness (QED) is 0.669. The Morgan fingerprint density at radius 1 is 1.11 bits per heavy atom. The van der Waals surface area contributed by atoms with E-state index in [9.17, 15) is 9.18 Å². The highest BCUT2D eigenvalue weighted by molar-refractivity contribution is 5.77. The van der Waals surface area contributed by atoms with Gasteiger partial charge in [0.05, 0.1) is 11.0 Å². The average molecular weight is 254 g/mol. The van der Waals surface area contributed by atoms with Gasteiger partial charge in [0.2, 0.25) is 0 Å². The van der Waals surface area contributed by atoms with Gasteiger partial charge in [-0.2, -0.15) is 0 Å². The normalized spacial score (nSPS) is 10.8. The number of benzene rings is 2. The van der Waals surface area contributed by atoms with Crippen molar-refractivity contribution in [3.05, 3.63) is 64.7 Å². The Balaban J connectivity index is 2.38. The second-order valence-corrected chi connectivity index (χ2v) is 4.32. The molecule has 0 atom stereocenters. The fraction of sp³-hybridized carbons (Fsp3) is 0.0667. The van der Waals surface area contributed by atoms with Crippen LogP contribution in [-0.4, -0.2) is 9.55 Å². The monoisotopic (exact) mass is 254 g/mol. The summed E-state index contributed by atoms with van der Waals surface area (Å²) in [6.45, 7) is 0. The van der Waals surface area contributed by atoms with E-state index in [-0.39, 0.29) is 11.4 Å². The smallest absolute Gasteiger partial charge is 0.277 e. The molecule has 0 radical (unpaired) electrons. The number of fused-ring (bicyclic) bond motifs is 1. The van der Waals surface area contributed by atoms with Gasteiger partial charge < -0.3 is 4.57 Å². The topological polar surface area (TPSA) is 34.9 Å². The molecule has 1 heterocycles. The fourth-order valence-corrected chi connectivity index (χ4v) is 2.09. The van der Waals surface area contributed by atoms with Crippen LogP contribution in [0.5, 0.6) is 0 Å². The highest BCUT2D eigenvalue weighted by Crippen LogP contribution is 2.17. The molecule has 3 rings (SSSR count). The third kappa shape index (κ3) is 1.91. The first kappa shape index (κ1) is 11.6. The van der Waals surface area contributed by atoms with Gasteiger partial charge in [0.15, 0.2) is 0 Å². The van der Waals surface area contributed by atoms with Crippen molar-refractivity contribution < 1.29 is 4.39 Å². The van der Waals surface area contributed by atoms with E-state index in [0.717, 1.165) is 5.56 Å². The summed E-state index contributed by atoms with van der Waals surface area (Å²) in [5.74, 6) is -0.363. The highest BCUT2D eigenvalue weighted by atomic mass is 19.1. The van der Waals surface area contributed by atoms with E-state index < -0.39 is 0 Å². The summed E-state index contributed by atoms with van der Waals surface area (Å²) in [4.78, 5) is 16.6. The first-order valence-electron chi connectivity index (χ1n) is 5.88. The lowest BCUT2D eigenvalue weighted by molar-refractivity contribution is 0.629. The van der Waals surface area contributed by atoms with E-state index in [1.54, 1.807) is 13.1 Å². The van der Waals surface area contributed by atoms with Crippen molar-refractivity contribution in [2.75, 3.05) is 0 Å². The standard InChI is InChI=1S/C15H11FN2O/c1-18-13-8-7-11(16)9-12(13)17-14(15(18)19)10-5-3-2-4-6-10/h2-9H,1H3. The van der Waals surface area contributed by atoms with E-state index >= 15 is 0 Å². The second kappa shape index (κ2) is 4.31. The molecule has 0 aliphatic rings. The molecular weight excluding hydrogens is 243 g/mol. The minimum Gasteiger partial charge on any atom is -0.308 e. The van der Waals surface area contributed by atoms with Gasteiger partial charge in [-0.05, 0) is 12.1 Å². The van der Waals surface area contributed by atoms with Crippen LogP contribution in [0.15, 0.2) is 53.3 Å². The van der Waals surface area contributed by atoms with Crippen molar-refractivity contribution in [3.8, 4) is 11.3 Å².